The van der Waals surface area contributed by atoms with Gasteiger partial charge in [-0.25, -0.2) is 4.98 Å². The molecule has 2 rings (SSSR count). The number of carbonyl (C=O) groups excluding carboxylic acids is 1. The lowest BCUT2D eigenvalue weighted by molar-refractivity contribution is 0.102. The predicted octanol–water partition coefficient (Wildman–Crippen LogP) is 3.33. The largest absolute Gasteiger partial charge is 0.330 e. The molecule has 0 saturated heterocycles. The molecule has 0 aliphatic carbocycles. The summed E-state index contributed by atoms with van der Waals surface area (Å²) in [7, 11) is 0. The third kappa shape index (κ3) is 4.81. The number of amides is 1. The van der Waals surface area contributed by atoms with Crippen LogP contribution in [0.25, 0.3) is 0 Å². The summed E-state index contributed by atoms with van der Waals surface area (Å²) < 4.78 is 0. The van der Waals surface area contributed by atoms with Crippen molar-refractivity contribution in [1.29, 1.82) is 0 Å². The van der Waals surface area contributed by atoms with E-state index < -0.39 is 0 Å². The van der Waals surface area contributed by atoms with Crippen LogP contribution in [0.5, 0.6) is 0 Å². The smallest absolute Gasteiger partial charge is 0.257 e. The van der Waals surface area contributed by atoms with Gasteiger partial charge in [-0.05, 0) is 45.4 Å². The van der Waals surface area contributed by atoms with Gasteiger partial charge in [-0.3, -0.25) is 10.1 Å². The number of carbonyl (C=O) groups is 1. The van der Waals surface area contributed by atoms with Crippen molar-refractivity contribution < 1.29 is 4.79 Å². The molecule has 3 N–H and O–H groups in total. The summed E-state index contributed by atoms with van der Waals surface area (Å²) in [5, 5.41) is 3.51. The highest BCUT2D eigenvalue weighted by molar-refractivity contribution is 7.15. The van der Waals surface area contributed by atoms with E-state index in [2.05, 4.69) is 10.3 Å². The van der Waals surface area contributed by atoms with Crippen LogP contribution in [-0.4, -0.2) is 17.4 Å². The molecule has 6 heteroatoms. The van der Waals surface area contributed by atoms with Crippen molar-refractivity contribution in [2.24, 2.45) is 5.73 Å². The van der Waals surface area contributed by atoms with Gasteiger partial charge in [0.05, 0.1) is 5.69 Å². The molecule has 0 saturated carbocycles. The molecule has 2 aromatic rings. The Balaban J connectivity index is 0.00000220. The normalized spacial score (nSPS) is 10.0. The number of aryl methyl sites for hydroxylation is 3. The summed E-state index contributed by atoms with van der Waals surface area (Å²) in [6, 6.07) is 7.49. The third-order valence-electron chi connectivity index (χ3n) is 3.03. The monoisotopic (exact) mass is 325 g/mol. The second kappa shape index (κ2) is 8.12. The number of hydrogen-bond acceptors (Lipinski definition) is 4. The Hall–Kier alpha value is -1.43. The van der Waals surface area contributed by atoms with Gasteiger partial charge in [0.25, 0.3) is 5.91 Å². The van der Waals surface area contributed by atoms with Gasteiger partial charge in [0.1, 0.15) is 0 Å². The fourth-order valence-corrected chi connectivity index (χ4v) is 2.85. The minimum Gasteiger partial charge on any atom is -0.330 e. The molecule has 0 fully saturated rings. The van der Waals surface area contributed by atoms with E-state index in [-0.39, 0.29) is 18.3 Å². The van der Waals surface area contributed by atoms with Crippen LogP contribution in [0, 0.1) is 13.8 Å². The lowest BCUT2D eigenvalue weighted by atomic mass is 10.1. The lowest BCUT2D eigenvalue weighted by Crippen LogP contribution is -2.11. The number of aromatic nitrogens is 1. The number of rotatable bonds is 5. The Morgan fingerprint density at radius 3 is 2.57 bits per heavy atom. The first-order chi connectivity index (χ1) is 9.60. The first kappa shape index (κ1) is 17.6. The highest BCUT2D eigenvalue weighted by Crippen LogP contribution is 2.24. The molecule has 1 amide bonds. The average molecular weight is 326 g/mol. The maximum atomic E-state index is 12.1. The summed E-state index contributed by atoms with van der Waals surface area (Å²) in [6.45, 7) is 4.63. The minimum absolute atomic E-state index is 0. The number of thiazole rings is 1. The van der Waals surface area contributed by atoms with Gasteiger partial charge < -0.3 is 5.73 Å². The van der Waals surface area contributed by atoms with E-state index in [0.717, 1.165) is 24.1 Å². The summed E-state index contributed by atoms with van der Waals surface area (Å²) >= 11 is 1.53. The zero-order chi connectivity index (χ0) is 14.5. The molecule has 21 heavy (non-hydrogen) atoms. The number of nitrogens with one attached hydrogen (secondary N) is 1. The number of benzene rings is 1. The van der Waals surface area contributed by atoms with Crippen LogP contribution in [0.4, 0.5) is 5.13 Å². The summed E-state index contributed by atoms with van der Waals surface area (Å²) in [5.41, 5.74) is 8.27. The second-order valence-corrected chi connectivity index (χ2v) is 5.82. The van der Waals surface area contributed by atoms with Crippen LogP contribution < -0.4 is 11.1 Å². The van der Waals surface area contributed by atoms with Crippen molar-refractivity contribution in [2.75, 3.05) is 11.9 Å². The van der Waals surface area contributed by atoms with Gasteiger partial charge in [-0.1, -0.05) is 17.7 Å². The molecule has 0 atom stereocenters. The van der Waals surface area contributed by atoms with E-state index in [1.807, 2.05) is 38.1 Å². The third-order valence-corrected chi connectivity index (χ3v) is 4.17. The van der Waals surface area contributed by atoms with Crippen molar-refractivity contribution in [3.63, 3.8) is 0 Å². The Morgan fingerprint density at radius 2 is 1.95 bits per heavy atom. The zero-order valence-electron chi connectivity index (χ0n) is 12.2. The summed E-state index contributed by atoms with van der Waals surface area (Å²) in [5.74, 6) is -0.121. The maximum absolute atomic E-state index is 12.1. The molecule has 0 radical (unpaired) electrons. The standard InChI is InChI=1S/C15H19N3OS.ClH/c1-10-5-7-12(8-6-10)14(19)18-15-17-11(2)13(20-15)4-3-9-16;/h5-8H,3-4,9,16H2,1-2H3,(H,17,18,19);1H. The molecular formula is C15H20ClN3OS. The minimum atomic E-state index is -0.121. The summed E-state index contributed by atoms with van der Waals surface area (Å²) in [4.78, 5) is 17.7. The Kier molecular flexibility index (Phi) is 6.81. The maximum Gasteiger partial charge on any atom is 0.257 e. The molecule has 1 aromatic carbocycles. The van der Waals surface area contributed by atoms with Gasteiger partial charge >= 0.3 is 0 Å². The Bertz CT molecular complexity index is 595. The zero-order valence-corrected chi connectivity index (χ0v) is 13.8. The second-order valence-electron chi connectivity index (χ2n) is 4.74. The van der Waals surface area contributed by atoms with Crippen LogP contribution in [-0.2, 0) is 6.42 Å². The molecule has 0 spiro atoms. The number of halogens is 1. The van der Waals surface area contributed by atoms with E-state index in [9.17, 15) is 4.79 Å². The van der Waals surface area contributed by atoms with Gasteiger partial charge in [0.15, 0.2) is 5.13 Å². The predicted molar refractivity (Wildman–Crippen MR) is 90.6 cm³/mol. The van der Waals surface area contributed by atoms with Gasteiger partial charge in [-0.2, -0.15) is 0 Å². The van der Waals surface area contributed by atoms with Gasteiger partial charge in [-0.15, -0.1) is 23.7 Å². The Morgan fingerprint density at radius 1 is 1.29 bits per heavy atom. The van der Waals surface area contributed by atoms with Crippen LogP contribution in [0.3, 0.4) is 0 Å². The van der Waals surface area contributed by atoms with Crippen LogP contribution >= 0.6 is 23.7 Å². The number of nitrogens with zero attached hydrogens (tertiary/aromatic N) is 1. The molecule has 1 heterocycles. The first-order valence-corrected chi connectivity index (χ1v) is 7.46. The van der Waals surface area contributed by atoms with Crippen LogP contribution in [0.15, 0.2) is 24.3 Å². The highest BCUT2D eigenvalue weighted by Gasteiger charge is 2.11. The number of anilines is 1. The van der Waals surface area contributed by atoms with Gasteiger partial charge in [0, 0.05) is 10.4 Å². The fourth-order valence-electron chi connectivity index (χ4n) is 1.85. The van der Waals surface area contributed by atoms with E-state index in [1.54, 1.807) is 0 Å². The Labute approximate surface area is 135 Å². The molecule has 0 aliphatic rings. The first-order valence-electron chi connectivity index (χ1n) is 6.64. The van der Waals surface area contributed by atoms with Crippen molar-refractivity contribution in [3.05, 3.63) is 46.0 Å². The van der Waals surface area contributed by atoms with E-state index in [1.165, 1.54) is 16.2 Å². The van der Waals surface area contributed by atoms with E-state index >= 15 is 0 Å². The molecule has 1 aromatic heterocycles. The van der Waals surface area contributed by atoms with Crippen molar-refractivity contribution >= 4 is 34.8 Å². The molecule has 4 nitrogen and oxygen atoms in total. The molecule has 0 bridgehead atoms. The number of hydrogen-bond donors (Lipinski definition) is 2. The van der Waals surface area contributed by atoms with Crippen LogP contribution in [0.1, 0.15) is 32.9 Å². The van der Waals surface area contributed by atoms with Crippen molar-refractivity contribution in [3.8, 4) is 0 Å². The van der Waals surface area contributed by atoms with E-state index in [0.29, 0.717) is 17.2 Å². The lowest BCUT2D eigenvalue weighted by Gasteiger charge is -2.01. The molecule has 114 valence electrons. The fraction of sp³-hybridized carbons (Fsp3) is 0.333. The number of nitrogens with two attached hydrogens (primary N) is 1. The topological polar surface area (TPSA) is 68.0 Å². The van der Waals surface area contributed by atoms with E-state index in [4.69, 9.17) is 5.73 Å². The average Bonchev–Trinajstić information content (AvgIpc) is 2.77. The highest BCUT2D eigenvalue weighted by atomic mass is 35.5. The van der Waals surface area contributed by atoms with Crippen molar-refractivity contribution in [2.45, 2.75) is 26.7 Å². The SMILES string of the molecule is Cc1ccc(C(=O)Nc2nc(C)c(CCCN)s2)cc1.Cl. The molecular weight excluding hydrogens is 306 g/mol. The molecule has 0 aliphatic heterocycles. The van der Waals surface area contributed by atoms with Gasteiger partial charge in [0.2, 0.25) is 0 Å². The quantitative estimate of drug-likeness (QED) is 0.886. The van der Waals surface area contributed by atoms with Crippen LogP contribution in [0.2, 0.25) is 0 Å². The summed E-state index contributed by atoms with van der Waals surface area (Å²) in [6.07, 6.45) is 1.86. The molecule has 0 unspecified atom stereocenters. The van der Waals surface area contributed by atoms with Crippen molar-refractivity contribution in [1.82, 2.24) is 4.98 Å².